The summed E-state index contributed by atoms with van der Waals surface area (Å²) >= 11 is 0. The second-order valence-electron chi connectivity index (χ2n) is 8.69. The number of morpholine rings is 1. The third-order valence-corrected chi connectivity index (χ3v) is 6.59. The second kappa shape index (κ2) is 10.3. The Morgan fingerprint density at radius 3 is 2.81 bits per heavy atom. The zero-order chi connectivity index (χ0) is 21.6. The molecule has 7 nitrogen and oxygen atoms in total. The topological polar surface area (TPSA) is 68.9 Å². The molecule has 4 rings (SSSR count). The lowest BCUT2D eigenvalue weighted by Crippen LogP contribution is -2.52. The van der Waals surface area contributed by atoms with Crippen molar-refractivity contribution >= 4 is 22.7 Å². The van der Waals surface area contributed by atoms with E-state index in [4.69, 9.17) is 4.74 Å². The summed E-state index contributed by atoms with van der Waals surface area (Å²) in [6.45, 7) is 8.35. The number of aromatic nitrogens is 1. The number of piperidine rings is 1. The predicted molar refractivity (Wildman–Crippen MR) is 121 cm³/mol. The molecule has 3 heterocycles. The van der Waals surface area contributed by atoms with E-state index in [9.17, 15) is 9.59 Å². The van der Waals surface area contributed by atoms with Crippen LogP contribution in [0.5, 0.6) is 0 Å². The Kier molecular flexibility index (Phi) is 7.25. The maximum atomic E-state index is 13.1. The Balaban J connectivity index is 1.33. The number of carbonyl (C=O) groups excluding carboxylic acids is 2. The first-order valence-electron chi connectivity index (χ1n) is 11.5. The summed E-state index contributed by atoms with van der Waals surface area (Å²) in [7, 11) is 0. The fraction of sp³-hybridized carbons (Fsp3) is 0.583. The Morgan fingerprint density at radius 1 is 1.19 bits per heavy atom. The number of carbonyl (C=O) groups is 2. The fourth-order valence-electron chi connectivity index (χ4n) is 4.87. The average Bonchev–Trinajstić information content (AvgIpc) is 3.20. The van der Waals surface area contributed by atoms with Gasteiger partial charge in [-0.05, 0) is 30.9 Å². The largest absolute Gasteiger partial charge is 0.379 e. The van der Waals surface area contributed by atoms with Crippen LogP contribution in [-0.4, -0.2) is 90.0 Å². The maximum absolute atomic E-state index is 13.1. The average molecular weight is 427 g/mol. The van der Waals surface area contributed by atoms with Crippen molar-refractivity contribution in [1.29, 1.82) is 0 Å². The van der Waals surface area contributed by atoms with Gasteiger partial charge in [-0.15, -0.1) is 0 Å². The first-order chi connectivity index (χ1) is 15.1. The standard InChI is InChI=1S/C24H34N4O3/c1-19(29)28(11-5-9-26-12-14-31-15-13-26)21-6-4-10-27(18-21)24(30)16-20-17-25-23-8-3-2-7-22(20)23/h2-3,7-8,17,21,25H,4-6,9-16,18H2,1H3. The summed E-state index contributed by atoms with van der Waals surface area (Å²) in [4.78, 5) is 35.0. The number of hydrogen-bond acceptors (Lipinski definition) is 4. The molecule has 2 aliphatic heterocycles. The van der Waals surface area contributed by atoms with Crippen LogP contribution in [0, 0.1) is 0 Å². The van der Waals surface area contributed by atoms with Crippen LogP contribution in [0.25, 0.3) is 10.9 Å². The molecule has 168 valence electrons. The molecular formula is C24H34N4O3. The van der Waals surface area contributed by atoms with E-state index in [1.165, 1.54) is 0 Å². The highest BCUT2D eigenvalue weighted by Gasteiger charge is 2.29. The van der Waals surface area contributed by atoms with Gasteiger partial charge in [-0.1, -0.05) is 18.2 Å². The number of amides is 2. The molecule has 1 aromatic heterocycles. The highest BCUT2D eigenvalue weighted by atomic mass is 16.5. The molecule has 1 N–H and O–H groups in total. The molecule has 31 heavy (non-hydrogen) atoms. The molecule has 2 fully saturated rings. The van der Waals surface area contributed by atoms with Crippen molar-refractivity contribution < 1.29 is 14.3 Å². The first kappa shape index (κ1) is 21.8. The number of hydrogen-bond donors (Lipinski definition) is 1. The minimum atomic E-state index is 0.109. The van der Waals surface area contributed by atoms with Crippen LogP contribution < -0.4 is 0 Å². The zero-order valence-electron chi connectivity index (χ0n) is 18.5. The third-order valence-electron chi connectivity index (χ3n) is 6.59. The number of likely N-dealkylation sites (tertiary alicyclic amines) is 1. The van der Waals surface area contributed by atoms with Gasteiger partial charge in [0.05, 0.1) is 19.6 Å². The van der Waals surface area contributed by atoms with Crippen molar-refractivity contribution in [3.05, 3.63) is 36.0 Å². The summed E-state index contributed by atoms with van der Waals surface area (Å²) in [6, 6.07) is 8.20. The van der Waals surface area contributed by atoms with Crippen LogP contribution in [-0.2, 0) is 20.7 Å². The number of rotatable bonds is 7. The number of nitrogens with zero attached hydrogens (tertiary/aromatic N) is 3. The SMILES string of the molecule is CC(=O)N(CCCN1CCOCC1)C1CCCN(C(=O)Cc2c[nH]c3ccccc23)C1. The van der Waals surface area contributed by atoms with Crippen LogP contribution in [0.1, 0.15) is 31.7 Å². The van der Waals surface area contributed by atoms with E-state index in [2.05, 4.69) is 16.0 Å². The van der Waals surface area contributed by atoms with E-state index in [1.807, 2.05) is 34.2 Å². The number of fused-ring (bicyclic) bond motifs is 1. The summed E-state index contributed by atoms with van der Waals surface area (Å²) in [5.41, 5.74) is 2.10. The van der Waals surface area contributed by atoms with Crippen molar-refractivity contribution in [3.63, 3.8) is 0 Å². The van der Waals surface area contributed by atoms with Gasteiger partial charge in [-0.2, -0.15) is 0 Å². The van der Waals surface area contributed by atoms with Gasteiger partial charge >= 0.3 is 0 Å². The van der Waals surface area contributed by atoms with E-state index in [-0.39, 0.29) is 17.9 Å². The molecule has 1 atom stereocenters. The van der Waals surface area contributed by atoms with Crippen LogP contribution >= 0.6 is 0 Å². The van der Waals surface area contributed by atoms with E-state index in [1.54, 1.807) is 6.92 Å². The molecule has 1 aromatic carbocycles. The molecule has 0 bridgehead atoms. The smallest absolute Gasteiger partial charge is 0.227 e. The van der Waals surface area contributed by atoms with Gasteiger partial charge in [-0.25, -0.2) is 0 Å². The Morgan fingerprint density at radius 2 is 2.00 bits per heavy atom. The summed E-state index contributed by atoms with van der Waals surface area (Å²) in [6.07, 6.45) is 5.20. The van der Waals surface area contributed by atoms with Crippen molar-refractivity contribution in [1.82, 2.24) is 19.7 Å². The molecule has 0 saturated carbocycles. The van der Waals surface area contributed by atoms with Gasteiger partial charge in [0, 0.05) is 69.3 Å². The number of aromatic amines is 1. The number of nitrogens with one attached hydrogen (secondary N) is 1. The van der Waals surface area contributed by atoms with E-state index in [0.29, 0.717) is 13.0 Å². The van der Waals surface area contributed by atoms with Crippen molar-refractivity contribution in [2.45, 2.75) is 38.6 Å². The quantitative estimate of drug-likeness (QED) is 0.738. The summed E-state index contributed by atoms with van der Waals surface area (Å²) < 4.78 is 5.41. The molecule has 2 saturated heterocycles. The highest BCUT2D eigenvalue weighted by Crippen LogP contribution is 2.21. The molecule has 0 spiro atoms. The fourth-order valence-corrected chi connectivity index (χ4v) is 4.87. The first-order valence-corrected chi connectivity index (χ1v) is 11.5. The summed E-state index contributed by atoms with van der Waals surface area (Å²) in [5, 5.41) is 1.11. The van der Waals surface area contributed by atoms with Crippen LogP contribution in [0.3, 0.4) is 0 Å². The molecule has 0 aliphatic carbocycles. The van der Waals surface area contributed by atoms with Crippen molar-refractivity contribution in [2.24, 2.45) is 0 Å². The predicted octanol–water partition coefficient (Wildman–Crippen LogP) is 2.27. The Hall–Kier alpha value is -2.38. The third kappa shape index (κ3) is 5.46. The number of ether oxygens (including phenoxy) is 1. The normalized spacial score (nSPS) is 20.2. The van der Waals surface area contributed by atoms with Crippen LogP contribution in [0.2, 0.25) is 0 Å². The number of para-hydroxylation sites is 1. The Labute approximate surface area is 184 Å². The van der Waals surface area contributed by atoms with Gasteiger partial charge in [0.2, 0.25) is 11.8 Å². The van der Waals surface area contributed by atoms with Gasteiger partial charge in [-0.3, -0.25) is 14.5 Å². The van der Waals surface area contributed by atoms with Gasteiger partial charge in [0.1, 0.15) is 0 Å². The molecule has 2 aromatic rings. The van der Waals surface area contributed by atoms with Crippen LogP contribution in [0.4, 0.5) is 0 Å². The molecule has 2 aliphatic rings. The minimum absolute atomic E-state index is 0.109. The van der Waals surface area contributed by atoms with Crippen molar-refractivity contribution in [3.8, 4) is 0 Å². The van der Waals surface area contributed by atoms with Gasteiger partial charge < -0.3 is 19.5 Å². The van der Waals surface area contributed by atoms with Gasteiger partial charge in [0.15, 0.2) is 0 Å². The van der Waals surface area contributed by atoms with E-state index >= 15 is 0 Å². The number of benzene rings is 1. The Bertz CT molecular complexity index is 890. The van der Waals surface area contributed by atoms with E-state index < -0.39 is 0 Å². The highest BCUT2D eigenvalue weighted by molar-refractivity contribution is 5.89. The van der Waals surface area contributed by atoms with Crippen LogP contribution in [0.15, 0.2) is 30.5 Å². The lowest BCUT2D eigenvalue weighted by molar-refractivity contribution is -0.138. The van der Waals surface area contributed by atoms with Gasteiger partial charge in [0.25, 0.3) is 0 Å². The van der Waals surface area contributed by atoms with Crippen molar-refractivity contribution in [2.75, 3.05) is 52.5 Å². The zero-order valence-corrected chi connectivity index (χ0v) is 18.5. The molecule has 0 radical (unpaired) electrons. The second-order valence-corrected chi connectivity index (χ2v) is 8.69. The molecule has 1 unspecified atom stereocenters. The lowest BCUT2D eigenvalue weighted by atomic mass is 10.0. The maximum Gasteiger partial charge on any atom is 0.227 e. The number of H-pyrrole nitrogens is 1. The molecular weight excluding hydrogens is 392 g/mol. The van der Waals surface area contributed by atoms with E-state index in [0.717, 1.165) is 81.7 Å². The monoisotopic (exact) mass is 426 g/mol. The minimum Gasteiger partial charge on any atom is -0.379 e. The molecule has 7 heteroatoms. The summed E-state index contributed by atoms with van der Waals surface area (Å²) in [5.74, 6) is 0.254. The molecule has 2 amide bonds. The lowest BCUT2D eigenvalue weighted by Gasteiger charge is -2.39.